The van der Waals surface area contributed by atoms with Gasteiger partial charge in [-0.25, -0.2) is 0 Å². The molecule has 0 bridgehead atoms. The van der Waals surface area contributed by atoms with Crippen molar-refractivity contribution in [3.05, 3.63) is 35.4 Å². The summed E-state index contributed by atoms with van der Waals surface area (Å²) in [6, 6.07) is 9.97. The van der Waals surface area contributed by atoms with Crippen molar-refractivity contribution in [3.63, 3.8) is 0 Å². The Balaban J connectivity index is 2.95. The first-order valence-electron chi connectivity index (χ1n) is 4.28. The lowest BCUT2D eigenvalue weighted by Gasteiger charge is -2.07. The first kappa shape index (κ1) is 8.80. The number of hydrogen-bond acceptors (Lipinski definition) is 1. The summed E-state index contributed by atoms with van der Waals surface area (Å²) < 4.78 is 0. The van der Waals surface area contributed by atoms with Crippen LogP contribution in [0.2, 0.25) is 0 Å². The highest BCUT2D eigenvalue weighted by Gasteiger charge is 2.02. The molecule has 1 heteroatoms. The molecular formula is C11H13N. The summed E-state index contributed by atoms with van der Waals surface area (Å²) in [4.78, 5) is 0. The van der Waals surface area contributed by atoms with E-state index >= 15 is 0 Å². The normalized spacial score (nSPS) is 12.1. The molecule has 0 fully saturated rings. The molecule has 0 saturated heterocycles. The van der Waals surface area contributed by atoms with Gasteiger partial charge in [-0.1, -0.05) is 26.0 Å². The zero-order chi connectivity index (χ0) is 8.97. The molecule has 1 nitrogen and oxygen atoms in total. The van der Waals surface area contributed by atoms with E-state index in [0.29, 0.717) is 5.92 Å². The summed E-state index contributed by atoms with van der Waals surface area (Å²) in [5, 5.41) is 8.67. The van der Waals surface area contributed by atoms with Gasteiger partial charge in [-0.2, -0.15) is 5.26 Å². The number of hydrogen-bond donors (Lipinski definition) is 0. The lowest BCUT2D eigenvalue weighted by atomic mass is 9.97. The van der Waals surface area contributed by atoms with Crippen LogP contribution >= 0.6 is 0 Å². The fourth-order valence-corrected chi connectivity index (χ4v) is 1.15. The number of nitrogens with zero attached hydrogens (tertiary/aromatic N) is 1. The molecule has 0 amide bonds. The van der Waals surface area contributed by atoms with Gasteiger partial charge >= 0.3 is 0 Å². The van der Waals surface area contributed by atoms with Crippen LogP contribution < -0.4 is 0 Å². The molecule has 1 rings (SSSR count). The van der Waals surface area contributed by atoms with Crippen molar-refractivity contribution in [1.82, 2.24) is 0 Å². The van der Waals surface area contributed by atoms with Crippen molar-refractivity contribution in [3.8, 4) is 6.07 Å². The molecule has 0 radical (unpaired) electrons. The second kappa shape index (κ2) is 3.92. The summed E-state index contributed by atoms with van der Waals surface area (Å²) in [7, 11) is 0. The molecule has 0 heterocycles. The third-order valence-corrected chi connectivity index (χ3v) is 2.20. The smallest absolute Gasteiger partial charge is 0.0991 e. The van der Waals surface area contributed by atoms with Gasteiger partial charge in [-0.05, 0) is 30.0 Å². The predicted octanol–water partition coefficient (Wildman–Crippen LogP) is 3.07. The lowest BCUT2D eigenvalue weighted by Crippen LogP contribution is -1.91. The van der Waals surface area contributed by atoms with Crippen LogP contribution in [0, 0.1) is 11.3 Å². The summed E-state index contributed by atoms with van der Waals surface area (Å²) in [5.74, 6) is 0.554. The van der Waals surface area contributed by atoms with Gasteiger partial charge in [0.1, 0.15) is 0 Å². The minimum absolute atomic E-state index is 0.554. The Morgan fingerprint density at radius 1 is 1.50 bits per heavy atom. The fourth-order valence-electron chi connectivity index (χ4n) is 1.15. The fraction of sp³-hybridized carbons (Fsp3) is 0.364. The van der Waals surface area contributed by atoms with Crippen LogP contribution in [0.3, 0.4) is 0 Å². The zero-order valence-corrected chi connectivity index (χ0v) is 7.54. The summed E-state index contributed by atoms with van der Waals surface area (Å²) in [6.07, 6.45) is 1.12. The molecule has 1 unspecified atom stereocenters. The van der Waals surface area contributed by atoms with E-state index < -0.39 is 0 Å². The molecule has 0 saturated carbocycles. The van der Waals surface area contributed by atoms with Gasteiger partial charge in [0.15, 0.2) is 0 Å². The highest BCUT2D eigenvalue weighted by atomic mass is 14.2. The third kappa shape index (κ3) is 1.85. The second-order valence-corrected chi connectivity index (χ2v) is 3.05. The maximum Gasteiger partial charge on any atom is 0.0991 e. The molecule has 1 aromatic carbocycles. The summed E-state index contributed by atoms with van der Waals surface area (Å²) in [6.45, 7) is 4.33. The Morgan fingerprint density at radius 2 is 2.25 bits per heavy atom. The van der Waals surface area contributed by atoms with E-state index in [4.69, 9.17) is 5.26 Å². The van der Waals surface area contributed by atoms with E-state index in [0.717, 1.165) is 12.0 Å². The van der Waals surface area contributed by atoms with Gasteiger partial charge in [0.2, 0.25) is 0 Å². The van der Waals surface area contributed by atoms with Gasteiger partial charge in [0, 0.05) is 0 Å². The van der Waals surface area contributed by atoms with Crippen molar-refractivity contribution in [1.29, 1.82) is 5.26 Å². The molecule has 0 spiro atoms. The quantitative estimate of drug-likeness (QED) is 0.650. The van der Waals surface area contributed by atoms with Gasteiger partial charge in [0.05, 0.1) is 11.6 Å². The number of rotatable bonds is 2. The maximum absolute atomic E-state index is 8.67. The van der Waals surface area contributed by atoms with Gasteiger partial charge in [-0.15, -0.1) is 0 Å². The van der Waals surface area contributed by atoms with Crippen LogP contribution in [0.15, 0.2) is 24.3 Å². The minimum Gasteiger partial charge on any atom is -0.192 e. The van der Waals surface area contributed by atoms with Gasteiger partial charge in [-0.3, -0.25) is 0 Å². The molecule has 12 heavy (non-hydrogen) atoms. The molecule has 62 valence electrons. The minimum atomic E-state index is 0.554. The average Bonchev–Trinajstić information content (AvgIpc) is 2.17. The van der Waals surface area contributed by atoms with Crippen LogP contribution in [-0.2, 0) is 0 Å². The Hall–Kier alpha value is -1.29. The summed E-state index contributed by atoms with van der Waals surface area (Å²) in [5.41, 5.74) is 2.02. The van der Waals surface area contributed by atoms with Crippen LogP contribution in [0.25, 0.3) is 0 Å². The van der Waals surface area contributed by atoms with E-state index in [9.17, 15) is 0 Å². The molecule has 1 atom stereocenters. The van der Waals surface area contributed by atoms with Crippen molar-refractivity contribution >= 4 is 0 Å². The molecule has 1 aromatic rings. The molecule has 0 aliphatic carbocycles. The van der Waals surface area contributed by atoms with Crippen molar-refractivity contribution in [2.75, 3.05) is 0 Å². The maximum atomic E-state index is 8.67. The average molecular weight is 159 g/mol. The highest BCUT2D eigenvalue weighted by Crippen LogP contribution is 2.18. The summed E-state index contributed by atoms with van der Waals surface area (Å²) >= 11 is 0. The first-order chi connectivity index (χ1) is 5.77. The Labute approximate surface area is 73.6 Å². The van der Waals surface area contributed by atoms with E-state index in [1.165, 1.54) is 5.56 Å². The Bertz CT molecular complexity index is 296. The van der Waals surface area contributed by atoms with E-state index in [2.05, 4.69) is 26.0 Å². The van der Waals surface area contributed by atoms with Crippen molar-refractivity contribution in [2.45, 2.75) is 26.2 Å². The standard InChI is InChI=1S/C11H13N/c1-3-9(2)11-6-4-5-10(7-11)8-12/h4-7,9H,3H2,1-2H3. The monoisotopic (exact) mass is 159 g/mol. The van der Waals surface area contributed by atoms with Gasteiger partial charge in [0.25, 0.3) is 0 Å². The highest BCUT2D eigenvalue weighted by molar-refractivity contribution is 5.34. The number of nitriles is 1. The van der Waals surface area contributed by atoms with E-state index in [1.807, 2.05) is 18.2 Å². The SMILES string of the molecule is CCC(C)c1cccc(C#N)c1. The largest absolute Gasteiger partial charge is 0.192 e. The van der Waals surface area contributed by atoms with Crippen LogP contribution in [0.4, 0.5) is 0 Å². The van der Waals surface area contributed by atoms with Crippen LogP contribution in [-0.4, -0.2) is 0 Å². The Morgan fingerprint density at radius 3 is 2.83 bits per heavy atom. The molecule has 0 aromatic heterocycles. The lowest BCUT2D eigenvalue weighted by molar-refractivity contribution is 0.733. The third-order valence-electron chi connectivity index (χ3n) is 2.20. The van der Waals surface area contributed by atoms with Crippen LogP contribution in [0.1, 0.15) is 37.3 Å². The van der Waals surface area contributed by atoms with Crippen LogP contribution in [0.5, 0.6) is 0 Å². The molecule has 0 aliphatic heterocycles. The van der Waals surface area contributed by atoms with E-state index in [1.54, 1.807) is 0 Å². The number of benzene rings is 1. The van der Waals surface area contributed by atoms with Gasteiger partial charge < -0.3 is 0 Å². The molecule has 0 aliphatic rings. The Kier molecular flexibility index (Phi) is 2.88. The first-order valence-corrected chi connectivity index (χ1v) is 4.28. The van der Waals surface area contributed by atoms with Crippen molar-refractivity contribution < 1.29 is 0 Å². The second-order valence-electron chi connectivity index (χ2n) is 3.05. The zero-order valence-electron chi connectivity index (χ0n) is 7.54. The molecule has 0 N–H and O–H groups in total. The molecular weight excluding hydrogens is 146 g/mol. The van der Waals surface area contributed by atoms with Crippen molar-refractivity contribution in [2.24, 2.45) is 0 Å². The predicted molar refractivity (Wildman–Crippen MR) is 49.9 cm³/mol. The van der Waals surface area contributed by atoms with E-state index in [-0.39, 0.29) is 0 Å². The topological polar surface area (TPSA) is 23.8 Å².